The van der Waals surface area contributed by atoms with Crippen LogP contribution in [0.1, 0.15) is 6.42 Å². The van der Waals surface area contributed by atoms with Crippen molar-refractivity contribution < 1.29 is 4.79 Å². The zero-order valence-corrected chi connectivity index (χ0v) is 9.33. The molecule has 1 aromatic heterocycles. The van der Waals surface area contributed by atoms with E-state index in [1.165, 1.54) is 17.2 Å². The molecule has 1 fully saturated rings. The molecule has 5 heteroatoms. The van der Waals surface area contributed by atoms with Gasteiger partial charge in [0.25, 0.3) is 5.56 Å². The van der Waals surface area contributed by atoms with Gasteiger partial charge in [-0.15, -0.1) is 6.58 Å². The zero-order chi connectivity index (χ0) is 11.7. The summed E-state index contributed by atoms with van der Waals surface area (Å²) in [5.41, 5.74) is 0.00399. The van der Waals surface area contributed by atoms with Crippen LogP contribution in [0.15, 0.2) is 29.7 Å². The molecular formula is C11H11ClN2O2. The Kier molecular flexibility index (Phi) is 2.83. The lowest BCUT2D eigenvalue weighted by Gasteiger charge is -2.14. The van der Waals surface area contributed by atoms with Gasteiger partial charge in [0.15, 0.2) is 0 Å². The van der Waals surface area contributed by atoms with E-state index in [-0.39, 0.29) is 17.4 Å². The van der Waals surface area contributed by atoms with Crippen molar-refractivity contribution in [1.82, 2.24) is 4.98 Å². The van der Waals surface area contributed by atoms with Gasteiger partial charge >= 0.3 is 0 Å². The van der Waals surface area contributed by atoms with E-state index in [9.17, 15) is 9.59 Å². The number of nitrogens with zero attached hydrogens (tertiary/aromatic N) is 1. The van der Waals surface area contributed by atoms with Crippen molar-refractivity contribution in [2.45, 2.75) is 6.42 Å². The van der Waals surface area contributed by atoms with Gasteiger partial charge in [-0.25, -0.2) is 0 Å². The predicted molar refractivity (Wildman–Crippen MR) is 62.7 cm³/mol. The predicted octanol–water partition coefficient (Wildman–Crippen LogP) is 1.57. The molecule has 1 unspecified atom stereocenters. The Morgan fingerprint density at radius 3 is 2.94 bits per heavy atom. The van der Waals surface area contributed by atoms with Crippen LogP contribution in [0.4, 0.5) is 5.69 Å². The van der Waals surface area contributed by atoms with Gasteiger partial charge in [-0.05, 0) is 6.07 Å². The lowest BCUT2D eigenvalue weighted by molar-refractivity contribution is -0.117. The average molecular weight is 239 g/mol. The quantitative estimate of drug-likeness (QED) is 0.796. The van der Waals surface area contributed by atoms with Crippen LogP contribution in [0, 0.1) is 5.92 Å². The van der Waals surface area contributed by atoms with Crippen LogP contribution < -0.4 is 10.5 Å². The molecule has 1 aliphatic heterocycles. The molecule has 2 heterocycles. The van der Waals surface area contributed by atoms with Crippen LogP contribution in [0.5, 0.6) is 0 Å². The molecule has 0 aromatic carbocycles. The number of nitrogens with one attached hydrogen (secondary N) is 1. The summed E-state index contributed by atoms with van der Waals surface area (Å²) in [7, 11) is 0. The maximum absolute atomic E-state index is 11.7. The van der Waals surface area contributed by atoms with Crippen molar-refractivity contribution in [2.24, 2.45) is 5.92 Å². The Balaban J connectivity index is 2.38. The Hall–Kier alpha value is -1.55. The highest BCUT2D eigenvalue weighted by molar-refractivity contribution is 6.30. The molecule has 16 heavy (non-hydrogen) atoms. The fraction of sp³-hybridized carbons (Fsp3) is 0.273. The third-order valence-corrected chi connectivity index (χ3v) is 2.85. The number of hydrogen-bond acceptors (Lipinski definition) is 2. The second-order valence-electron chi connectivity index (χ2n) is 3.74. The van der Waals surface area contributed by atoms with Gasteiger partial charge < -0.3 is 9.88 Å². The van der Waals surface area contributed by atoms with Gasteiger partial charge in [0.2, 0.25) is 5.91 Å². The van der Waals surface area contributed by atoms with E-state index in [4.69, 9.17) is 11.6 Å². The van der Waals surface area contributed by atoms with Gasteiger partial charge in [-0.1, -0.05) is 17.7 Å². The van der Waals surface area contributed by atoms with E-state index in [0.717, 1.165) is 0 Å². The first-order valence-electron chi connectivity index (χ1n) is 4.93. The summed E-state index contributed by atoms with van der Waals surface area (Å²) in [6.45, 7) is 4.15. The molecule has 1 aliphatic rings. The van der Waals surface area contributed by atoms with Crippen molar-refractivity contribution in [2.75, 3.05) is 11.4 Å². The smallest absolute Gasteiger partial charge is 0.272 e. The number of carbonyl (C=O) groups is 1. The first-order chi connectivity index (χ1) is 7.61. The number of pyridine rings is 1. The number of aromatic nitrogens is 1. The molecule has 1 amide bonds. The molecule has 1 atom stereocenters. The van der Waals surface area contributed by atoms with Crippen molar-refractivity contribution in [3.63, 3.8) is 0 Å². The van der Waals surface area contributed by atoms with E-state index < -0.39 is 0 Å². The van der Waals surface area contributed by atoms with E-state index in [1.54, 1.807) is 6.08 Å². The SMILES string of the molecule is C=CC1CC(=O)N(c2cc(Cl)c[nH]c2=O)C1. The number of amides is 1. The normalized spacial score (nSPS) is 20.2. The van der Waals surface area contributed by atoms with Crippen molar-refractivity contribution in [1.29, 1.82) is 0 Å². The molecule has 1 N–H and O–H groups in total. The van der Waals surface area contributed by atoms with Crippen LogP contribution in [0.3, 0.4) is 0 Å². The zero-order valence-electron chi connectivity index (χ0n) is 8.57. The standard InChI is InChI=1S/C11H11ClN2O2/c1-2-7-3-10(15)14(6-7)9-4-8(12)5-13-11(9)16/h2,4-5,7H,1,3,6H2,(H,13,16). The number of carbonyl (C=O) groups excluding carboxylic acids is 1. The summed E-state index contributed by atoms with van der Waals surface area (Å²) in [4.78, 5) is 27.2. The third kappa shape index (κ3) is 1.88. The van der Waals surface area contributed by atoms with E-state index >= 15 is 0 Å². The first-order valence-corrected chi connectivity index (χ1v) is 5.30. The van der Waals surface area contributed by atoms with Gasteiger partial charge in [-0.3, -0.25) is 9.59 Å². The highest BCUT2D eigenvalue weighted by Gasteiger charge is 2.30. The molecular weight excluding hydrogens is 228 g/mol. The molecule has 0 saturated carbocycles. The summed E-state index contributed by atoms with van der Waals surface area (Å²) in [5, 5.41) is 0.407. The summed E-state index contributed by atoms with van der Waals surface area (Å²) in [6.07, 6.45) is 3.53. The van der Waals surface area contributed by atoms with Gasteiger partial charge in [0, 0.05) is 25.1 Å². The molecule has 2 rings (SSSR count). The van der Waals surface area contributed by atoms with Crippen LogP contribution >= 0.6 is 11.6 Å². The molecule has 84 valence electrons. The lowest BCUT2D eigenvalue weighted by Crippen LogP contribution is -2.30. The van der Waals surface area contributed by atoms with Crippen LogP contribution in [0.2, 0.25) is 5.02 Å². The molecule has 4 nitrogen and oxygen atoms in total. The summed E-state index contributed by atoms with van der Waals surface area (Å²) in [6, 6.07) is 1.50. The van der Waals surface area contributed by atoms with E-state index in [1.807, 2.05) is 0 Å². The average Bonchev–Trinajstić information content (AvgIpc) is 2.63. The first kappa shape index (κ1) is 11.0. The molecule has 1 saturated heterocycles. The number of H-pyrrole nitrogens is 1. The summed E-state index contributed by atoms with van der Waals surface area (Å²) < 4.78 is 0. The highest BCUT2D eigenvalue weighted by Crippen LogP contribution is 2.24. The second kappa shape index (κ2) is 4.14. The maximum atomic E-state index is 11.7. The van der Waals surface area contributed by atoms with Crippen molar-refractivity contribution >= 4 is 23.2 Å². The topological polar surface area (TPSA) is 53.2 Å². The molecule has 0 spiro atoms. The Morgan fingerprint density at radius 2 is 2.31 bits per heavy atom. The molecule has 0 aliphatic carbocycles. The van der Waals surface area contributed by atoms with Gasteiger partial charge in [0.1, 0.15) is 5.69 Å². The fourth-order valence-corrected chi connectivity index (χ4v) is 1.93. The maximum Gasteiger partial charge on any atom is 0.272 e. The number of hydrogen-bond donors (Lipinski definition) is 1. The minimum absolute atomic E-state index is 0.0716. The fourth-order valence-electron chi connectivity index (χ4n) is 1.77. The second-order valence-corrected chi connectivity index (χ2v) is 4.17. The van der Waals surface area contributed by atoms with Crippen LogP contribution in [-0.4, -0.2) is 17.4 Å². The van der Waals surface area contributed by atoms with E-state index in [0.29, 0.717) is 23.7 Å². The number of aromatic amines is 1. The van der Waals surface area contributed by atoms with E-state index in [2.05, 4.69) is 11.6 Å². The van der Waals surface area contributed by atoms with Gasteiger partial charge in [-0.2, -0.15) is 0 Å². The Morgan fingerprint density at radius 1 is 1.56 bits per heavy atom. The molecule has 0 radical (unpaired) electrons. The summed E-state index contributed by atoms with van der Waals surface area (Å²) in [5.74, 6) is 0.0311. The monoisotopic (exact) mass is 238 g/mol. The number of halogens is 1. The minimum atomic E-state index is -0.303. The van der Waals surface area contributed by atoms with Crippen molar-refractivity contribution in [3.8, 4) is 0 Å². The Labute approximate surface area is 97.5 Å². The molecule has 0 bridgehead atoms. The van der Waals surface area contributed by atoms with Crippen LogP contribution in [0.25, 0.3) is 0 Å². The number of anilines is 1. The lowest BCUT2D eigenvalue weighted by atomic mass is 10.1. The minimum Gasteiger partial charge on any atom is -0.326 e. The number of rotatable bonds is 2. The Bertz CT molecular complexity index is 495. The molecule has 1 aromatic rings. The third-order valence-electron chi connectivity index (χ3n) is 2.63. The highest BCUT2D eigenvalue weighted by atomic mass is 35.5. The largest absolute Gasteiger partial charge is 0.326 e. The van der Waals surface area contributed by atoms with Crippen molar-refractivity contribution in [3.05, 3.63) is 40.3 Å². The van der Waals surface area contributed by atoms with Crippen LogP contribution in [-0.2, 0) is 4.79 Å². The van der Waals surface area contributed by atoms with Gasteiger partial charge in [0.05, 0.1) is 5.02 Å². The summed E-state index contributed by atoms with van der Waals surface area (Å²) >= 11 is 5.78.